The number of nitrogens with one attached hydrogen (secondary N) is 2. The van der Waals surface area contributed by atoms with Crippen LogP contribution in [-0.4, -0.2) is 29.4 Å². The number of ether oxygens (including phenoxy) is 1. The maximum absolute atomic E-state index is 13.6. The number of rotatable bonds is 7. The number of esters is 1. The highest BCUT2D eigenvalue weighted by molar-refractivity contribution is 7.18. The number of aromatic nitrogens is 1. The predicted molar refractivity (Wildman–Crippen MR) is 126 cm³/mol. The molecule has 1 heterocycles. The van der Waals surface area contributed by atoms with Crippen LogP contribution in [0.3, 0.4) is 0 Å². The van der Waals surface area contributed by atoms with Crippen molar-refractivity contribution in [2.45, 2.75) is 44.9 Å². The van der Waals surface area contributed by atoms with Gasteiger partial charge in [0.1, 0.15) is 5.82 Å². The molecular weight excluding hydrogens is 457 g/mol. The minimum Gasteiger partial charge on any atom is -0.455 e. The number of halogens is 1. The molecule has 34 heavy (non-hydrogen) atoms. The molecule has 1 saturated carbocycles. The Morgan fingerprint density at radius 1 is 1.00 bits per heavy atom. The molecule has 2 amide bonds. The van der Waals surface area contributed by atoms with E-state index in [4.69, 9.17) is 9.72 Å². The molecule has 0 bridgehead atoms. The summed E-state index contributed by atoms with van der Waals surface area (Å²) in [6.45, 7) is -0.534. The molecule has 7 nitrogen and oxygen atoms in total. The quantitative estimate of drug-likeness (QED) is 0.385. The van der Waals surface area contributed by atoms with Crippen LogP contribution in [0.15, 0.2) is 48.5 Å². The molecule has 2 N–H and O–H groups in total. The van der Waals surface area contributed by atoms with Crippen LogP contribution in [0.4, 0.5) is 4.39 Å². The standard InChI is InChI=1S/C25H26FN3O4S/c26-18-9-3-2-8-17(18)24(32)29-28-21(30)16-33-23(31)15-25(12-6-1-7-13-25)14-22-27-19-10-4-5-11-20(19)34-22/h2-5,8-11H,1,6-7,12-16H2,(H,28,30)(H,29,32). The van der Waals surface area contributed by atoms with Crippen LogP contribution in [0.5, 0.6) is 0 Å². The predicted octanol–water partition coefficient (Wildman–Crippen LogP) is 4.32. The second-order valence-corrected chi connectivity index (χ2v) is 9.75. The Morgan fingerprint density at radius 2 is 1.74 bits per heavy atom. The van der Waals surface area contributed by atoms with E-state index in [1.807, 2.05) is 24.3 Å². The van der Waals surface area contributed by atoms with Crippen molar-refractivity contribution in [3.05, 3.63) is 64.9 Å². The summed E-state index contributed by atoms with van der Waals surface area (Å²) in [5.41, 5.74) is 4.79. The first-order valence-electron chi connectivity index (χ1n) is 11.3. The third-order valence-electron chi connectivity index (χ3n) is 6.10. The highest BCUT2D eigenvalue weighted by atomic mass is 32.1. The molecule has 0 atom stereocenters. The van der Waals surface area contributed by atoms with E-state index in [9.17, 15) is 18.8 Å². The van der Waals surface area contributed by atoms with E-state index in [0.717, 1.165) is 53.4 Å². The summed E-state index contributed by atoms with van der Waals surface area (Å²) in [5, 5.41) is 1.00. The van der Waals surface area contributed by atoms with Crippen LogP contribution in [0.2, 0.25) is 0 Å². The summed E-state index contributed by atoms with van der Waals surface area (Å²) in [5.74, 6) is -2.66. The van der Waals surface area contributed by atoms with Crippen LogP contribution >= 0.6 is 11.3 Å². The van der Waals surface area contributed by atoms with Crippen LogP contribution in [0.25, 0.3) is 10.2 Å². The van der Waals surface area contributed by atoms with Crippen molar-refractivity contribution in [3.63, 3.8) is 0 Å². The maximum Gasteiger partial charge on any atom is 0.306 e. The Hall–Kier alpha value is -3.33. The maximum atomic E-state index is 13.6. The lowest BCUT2D eigenvalue weighted by atomic mass is 9.70. The Labute approximate surface area is 200 Å². The third-order valence-corrected chi connectivity index (χ3v) is 7.13. The van der Waals surface area contributed by atoms with Gasteiger partial charge in [0, 0.05) is 6.42 Å². The molecule has 1 aliphatic rings. The van der Waals surface area contributed by atoms with Gasteiger partial charge in [-0.05, 0) is 42.5 Å². The molecule has 1 aliphatic carbocycles. The van der Waals surface area contributed by atoms with E-state index in [-0.39, 0.29) is 17.4 Å². The highest BCUT2D eigenvalue weighted by Crippen LogP contribution is 2.43. The zero-order valence-electron chi connectivity index (χ0n) is 18.6. The number of para-hydroxylation sites is 1. The van der Waals surface area contributed by atoms with Gasteiger partial charge < -0.3 is 4.74 Å². The first-order chi connectivity index (χ1) is 16.4. The summed E-state index contributed by atoms with van der Waals surface area (Å²) in [6, 6.07) is 13.4. The average molecular weight is 484 g/mol. The molecule has 9 heteroatoms. The number of carbonyl (C=O) groups is 3. The number of nitrogens with zero attached hydrogens (tertiary/aromatic N) is 1. The minimum atomic E-state index is -0.797. The number of hydrazine groups is 1. The molecule has 1 aromatic heterocycles. The first kappa shape index (κ1) is 23.8. The van der Waals surface area contributed by atoms with Gasteiger partial charge in [0.2, 0.25) is 0 Å². The van der Waals surface area contributed by atoms with Crippen LogP contribution in [0, 0.1) is 11.2 Å². The van der Waals surface area contributed by atoms with Crippen LogP contribution in [0.1, 0.15) is 53.9 Å². The van der Waals surface area contributed by atoms with E-state index in [1.54, 1.807) is 11.3 Å². The first-order valence-corrected chi connectivity index (χ1v) is 12.1. The lowest BCUT2D eigenvalue weighted by Crippen LogP contribution is -2.44. The Bertz CT molecular complexity index is 1160. The zero-order chi connectivity index (χ0) is 24.0. The summed E-state index contributed by atoms with van der Waals surface area (Å²) < 4.78 is 20.0. The number of amides is 2. The largest absolute Gasteiger partial charge is 0.455 e. The van der Waals surface area contributed by atoms with Gasteiger partial charge in [-0.3, -0.25) is 25.2 Å². The number of hydrogen-bond acceptors (Lipinski definition) is 6. The Balaban J connectivity index is 1.30. The van der Waals surface area contributed by atoms with Crippen molar-refractivity contribution in [2.24, 2.45) is 5.41 Å². The summed E-state index contributed by atoms with van der Waals surface area (Å²) >= 11 is 1.65. The molecule has 0 aliphatic heterocycles. The summed E-state index contributed by atoms with van der Waals surface area (Å²) in [6.07, 6.45) is 5.94. The fraction of sp³-hybridized carbons (Fsp3) is 0.360. The molecule has 0 radical (unpaired) electrons. The van der Waals surface area contributed by atoms with Crippen molar-refractivity contribution < 1.29 is 23.5 Å². The fourth-order valence-electron chi connectivity index (χ4n) is 4.41. The van der Waals surface area contributed by atoms with E-state index >= 15 is 0 Å². The second kappa shape index (κ2) is 10.7. The minimum absolute atomic E-state index is 0.200. The lowest BCUT2D eigenvalue weighted by Gasteiger charge is -2.36. The molecule has 0 spiro atoms. The molecule has 4 rings (SSSR count). The topological polar surface area (TPSA) is 97.4 Å². The number of benzene rings is 2. The average Bonchev–Trinajstić information content (AvgIpc) is 3.24. The van der Waals surface area contributed by atoms with E-state index in [2.05, 4.69) is 10.9 Å². The molecule has 0 saturated heterocycles. The number of carbonyl (C=O) groups excluding carboxylic acids is 3. The Morgan fingerprint density at radius 3 is 2.50 bits per heavy atom. The van der Waals surface area contributed by atoms with Crippen molar-refractivity contribution in [1.82, 2.24) is 15.8 Å². The SMILES string of the molecule is O=C(COC(=O)CC1(Cc2nc3ccccc3s2)CCCCC1)NNC(=O)c1ccccc1F. The van der Waals surface area contributed by atoms with Gasteiger partial charge >= 0.3 is 5.97 Å². The van der Waals surface area contributed by atoms with Gasteiger partial charge in [0.25, 0.3) is 11.8 Å². The summed E-state index contributed by atoms with van der Waals surface area (Å²) in [7, 11) is 0. The van der Waals surface area contributed by atoms with Gasteiger partial charge in [-0.25, -0.2) is 9.37 Å². The van der Waals surface area contributed by atoms with Crippen molar-refractivity contribution >= 4 is 39.3 Å². The third kappa shape index (κ3) is 5.96. The summed E-state index contributed by atoms with van der Waals surface area (Å²) in [4.78, 5) is 41.4. The normalized spacial score (nSPS) is 15.0. The molecule has 3 aromatic rings. The monoisotopic (exact) mass is 483 g/mol. The van der Waals surface area contributed by atoms with Crippen LogP contribution in [-0.2, 0) is 20.7 Å². The van der Waals surface area contributed by atoms with Gasteiger partial charge in [-0.15, -0.1) is 11.3 Å². The molecule has 2 aromatic carbocycles. The number of hydrogen-bond donors (Lipinski definition) is 2. The van der Waals surface area contributed by atoms with Gasteiger partial charge in [0.05, 0.1) is 27.2 Å². The van der Waals surface area contributed by atoms with Gasteiger partial charge in [-0.2, -0.15) is 0 Å². The van der Waals surface area contributed by atoms with E-state index < -0.39 is 30.2 Å². The molecule has 1 fully saturated rings. The smallest absolute Gasteiger partial charge is 0.306 e. The molecule has 0 unspecified atom stereocenters. The van der Waals surface area contributed by atoms with Gasteiger partial charge in [0.15, 0.2) is 6.61 Å². The Kier molecular flexibility index (Phi) is 7.52. The molecule has 178 valence electrons. The van der Waals surface area contributed by atoms with Gasteiger partial charge in [-0.1, -0.05) is 43.5 Å². The van der Waals surface area contributed by atoms with Crippen molar-refractivity contribution in [1.29, 1.82) is 0 Å². The van der Waals surface area contributed by atoms with Crippen molar-refractivity contribution in [3.8, 4) is 0 Å². The van der Waals surface area contributed by atoms with E-state index in [0.29, 0.717) is 6.42 Å². The second-order valence-electron chi connectivity index (χ2n) is 8.63. The van der Waals surface area contributed by atoms with Crippen LogP contribution < -0.4 is 10.9 Å². The van der Waals surface area contributed by atoms with E-state index in [1.165, 1.54) is 18.2 Å². The number of thiazole rings is 1. The molecular formula is C25H26FN3O4S. The van der Waals surface area contributed by atoms with Crippen molar-refractivity contribution in [2.75, 3.05) is 6.61 Å². The fourth-order valence-corrected chi connectivity index (χ4v) is 5.55. The lowest BCUT2D eigenvalue weighted by molar-refractivity contribution is -0.151. The highest BCUT2D eigenvalue weighted by Gasteiger charge is 2.36. The zero-order valence-corrected chi connectivity index (χ0v) is 19.5. The number of fused-ring (bicyclic) bond motifs is 1.